The van der Waals surface area contributed by atoms with Crippen LogP contribution < -0.4 is 16.0 Å². The lowest BCUT2D eigenvalue weighted by molar-refractivity contribution is 0.389. The maximum absolute atomic E-state index is 4.92. The topological polar surface area (TPSA) is 84.1 Å². The molecule has 8 nitrogen and oxygen atoms in total. The Bertz CT molecular complexity index is 1220. The van der Waals surface area contributed by atoms with Crippen molar-refractivity contribution in [2.24, 2.45) is 13.0 Å². The van der Waals surface area contributed by atoms with E-state index in [1.165, 1.54) is 18.2 Å². The summed E-state index contributed by atoms with van der Waals surface area (Å²) in [4.78, 5) is 4.92. The molecular weight excluding hydrogens is 400 g/mol. The first-order valence-corrected chi connectivity index (χ1v) is 11.6. The third-order valence-corrected chi connectivity index (χ3v) is 6.42. The number of nitrogens with one attached hydrogen (secondary N) is 3. The Kier molecular flexibility index (Phi) is 5.70. The molecule has 1 saturated heterocycles. The summed E-state index contributed by atoms with van der Waals surface area (Å²) in [5.41, 5.74) is 4.22. The van der Waals surface area contributed by atoms with Gasteiger partial charge in [0.05, 0.1) is 24.0 Å². The second-order valence-electron chi connectivity index (χ2n) is 9.03. The number of aromatic nitrogens is 5. The minimum atomic E-state index is 0.354. The van der Waals surface area contributed by atoms with Crippen molar-refractivity contribution in [3.63, 3.8) is 0 Å². The van der Waals surface area contributed by atoms with E-state index in [0.29, 0.717) is 18.4 Å². The lowest BCUT2D eigenvalue weighted by Gasteiger charge is -2.23. The van der Waals surface area contributed by atoms with Gasteiger partial charge in [-0.1, -0.05) is 32.0 Å². The molecule has 32 heavy (non-hydrogen) atoms. The summed E-state index contributed by atoms with van der Waals surface area (Å²) in [5, 5.41) is 21.1. The van der Waals surface area contributed by atoms with Gasteiger partial charge in [-0.2, -0.15) is 14.7 Å². The predicted octanol–water partition coefficient (Wildman–Crippen LogP) is 3.76. The zero-order chi connectivity index (χ0) is 22.1. The molecule has 4 heterocycles. The van der Waals surface area contributed by atoms with Crippen LogP contribution in [0.5, 0.6) is 0 Å². The molecule has 0 amide bonds. The molecule has 1 fully saturated rings. The Balaban J connectivity index is 1.43. The molecule has 0 spiro atoms. The van der Waals surface area contributed by atoms with Crippen molar-refractivity contribution in [1.82, 2.24) is 29.7 Å². The number of benzene rings is 1. The molecule has 0 unspecified atom stereocenters. The number of piperidine rings is 1. The van der Waals surface area contributed by atoms with Crippen molar-refractivity contribution in [2.75, 3.05) is 30.3 Å². The van der Waals surface area contributed by atoms with Crippen molar-refractivity contribution < 1.29 is 0 Å². The fraction of sp³-hybridized carbons (Fsp3) is 0.458. The van der Waals surface area contributed by atoms with Gasteiger partial charge in [-0.3, -0.25) is 4.68 Å². The molecule has 0 atom stereocenters. The minimum absolute atomic E-state index is 0.354. The molecule has 0 radical (unpaired) electrons. The Morgan fingerprint density at radius 2 is 1.97 bits per heavy atom. The number of hydrogen-bond donors (Lipinski definition) is 3. The molecule has 1 aromatic carbocycles. The van der Waals surface area contributed by atoms with Crippen molar-refractivity contribution in [1.29, 1.82) is 0 Å². The van der Waals surface area contributed by atoms with Crippen LogP contribution in [-0.4, -0.2) is 44.0 Å². The summed E-state index contributed by atoms with van der Waals surface area (Å²) in [7, 11) is 1.99. The summed E-state index contributed by atoms with van der Waals surface area (Å²) in [6.45, 7) is 8.13. The van der Waals surface area contributed by atoms with E-state index >= 15 is 0 Å². The Hall–Kier alpha value is -3.13. The first-order valence-electron chi connectivity index (χ1n) is 11.6. The smallest absolute Gasteiger partial charge is 0.163 e. The molecule has 0 aliphatic carbocycles. The van der Waals surface area contributed by atoms with Crippen molar-refractivity contribution >= 4 is 28.2 Å². The highest BCUT2D eigenvalue weighted by Crippen LogP contribution is 2.25. The Morgan fingerprint density at radius 1 is 1.16 bits per heavy atom. The van der Waals surface area contributed by atoms with E-state index in [0.717, 1.165) is 53.7 Å². The lowest BCUT2D eigenvalue weighted by Crippen LogP contribution is -2.31. The van der Waals surface area contributed by atoms with Gasteiger partial charge in [0, 0.05) is 30.6 Å². The maximum Gasteiger partial charge on any atom is 0.163 e. The van der Waals surface area contributed by atoms with Gasteiger partial charge in [0.1, 0.15) is 11.6 Å². The quantitative estimate of drug-likeness (QED) is 0.412. The first kappa shape index (κ1) is 20.8. The zero-order valence-electron chi connectivity index (χ0n) is 19.1. The third-order valence-electron chi connectivity index (χ3n) is 6.42. The molecule has 5 rings (SSSR count). The number of fused-ring (bicyclic) bond motifs is 2. The van der Waals surface area contributed by atoms with E-state index in [4.69, 9.17) is 10.1 Å². The second kappa shape index (κ2) is 8.78. The third kappa shape index (κ3) is 4.02. The average Bonchev–Trinajstić information content (AvgIpc) is 3.38. The standard InChI is InChI=1S/C24H32N8/c1-16(2)19-14-28-32-23(27-15-20-18-6-4-5-7-21(18)31(3)30-20)12-22(29-24(19)32)26-13-17-8-10-25-11-9-17/h4-7,12,14,16-17,25,27H,8-11,13,15H2,1-3H3,(H,26,29). The van der Waals surface area contributed by atoms with Crippen molar-refractivity contribution in [3.8, 4) is 0 Å². The van der Waals surface area contributed by atoms with Gasteiger partial charge < -0.3 is 16.0 Å². The molecule has 1 aliphatic heterocycles. The lowest BCUT2D eigenvalue weighted by atomic mass is 9.98. The zero-order valence-corrected chi connectivity index (χ0v) is 19.1. The minimum Gasteiger partial charge on any atom is -0.370 e. The Morgan fingerprint density at radius 3 is 2.78 bits per heavy atom. The maximum atomic E-state index is 4.92. The van der Waals surface area contributed by atoms with Crippen molar-refractivity contribution in [3.05, 3.63) is 47.8 Å². The van der Waals surface area contributed by atoms with Crippen molar-refractivity contribution in [2.45, 2.75) is 39.2 Å². The summed E-state index contributed by atoms with van der Waals surface area (Å²) in [6.07, 6.45) is 4.35. The molecule has 3 N–H and O–H groups in total. The van der Waals surface area contributed by atoms with Gasteiger partial charge in [0.2, 0.25) is 0 Å². The number of hydrogen-bond acceptors (Lipinski definition) is 6. The number of aryl methyl sites for hydroxylation is 1. The average molecular weight is 433 g/mol. The highest BCUT2D eigenvalue weighted by atomic mass is 15.3. The largest absolute Gasteiger partial charge is 0.370 e. The van der Waals surface area contributed by atoms with Gasteiger partial charge in [-0.15, -0.1) is 0 Å². The van der Waals surface area contributed by atoms with Gasteiger partial charge in [-0.05, 0) is 43.8 Å². The number of rotatable bonds is 7. The number of anilines is 2. The van der Waals surface area contributed by atoms with E-state index < -0.39 is 0 Å². The highest BCUT2D eigenvalue weighted by molar-refractivity contribution is 5.82. The monoisotopic (exact) mass is 432 g/mol. The van der Waals surface area contributed by atoms with Crippen LogP contribution in [0.2, 0.25) is 0 Å². The van der Waals surface area contributed by atoms with E-state index in [1.807, 2.05) is 28.5 Å². The van der Waals surface area contributed by atoms with Crippen LogP contribution >= 0.6 is 0 Å². The molecular formula is C24H32N8. The van der Waals surface area contributed by atoms with E-state index in [9.17, 15) is 0 Å². The number of nitrogens with zero attached hydrogens (tertiary/aromatic N) is 5. The van der Waals surface area contributed by atoms with Crippen LogP contribution in [0.4, 0.5) is 11.6 Å². The van der Waals surface area contributed by atoms with E-state index in [-0.39, 0.29) is 0 Å². The fourth-order valence-corrected chi connectivity index (χ4v) is 4.53. The molecule has 0 saturated carbocycles. The predicted molar refractivity (Wildman–Crippen MR) is 129 cm³/mol. The summed E-state index contributed by atoms with van der Waals surface area (Å²) < 4.78 is 3.85. The van der Waals surface area contributed by atoms with Gasteiger partial charge in [-0.25, -0.2) is 4.98 Å². The molecule has 4 aromatic rings. The fourth-order valence-electron chi connectivity index (χ4n) is 4.53. The summed E-state index contributed by atoms with van der Waals surface area (Å²) in [6, 6.07) is 10.4. The second-order valence-corrected chi connectivity index (χ2v) is 9.03. The highest BCUT2D eigenvalue weighted by Gasteiger charge is 2.17. The van der Waals surface area contributed by atoms with Gasteiger partial charge in [0.15, 0.2) is 5.65 Å². The molecule has 0 bridgehead atoms. The normalized spacial score (nSPS) is 15.1. The van der Waals surface area contributed by atoms with Crippen LogP contribution in [0.15, 0.2) is 36.5 Å². The summed E-state index contributed by atoms with van der Waals surface area (Å²) >= 11 is 0. The SMILES string of the molecule is CC(C)c1cnn2c(NCc3nn(C)c4ccccc34)cc(NCC3CCNCC3)nc12. The summed E-state index contributed by atoms with van der Waals surface area (Å²) in [5.74, 6) is 2.85. The van der Waals surface area contributed by atoms with E-state index in [1.54, 1.807) is 0 Å². The molecule has 8 heteroatoms. The number of para-hydroxylation sites is 1. The Labute approximate surface area is 188 Å². The van der Waals surface area contributed by atoms with E-state index in [2.05, 4.69) is 59.2 Å². The van der Waals surface area contributed by atoms with Crippen LogP contribution in [0.3, 0.4) is 0 Å². The van der Waals surface area contributed by atoms with Crippen LogP contribution in [0.25, 0.3) is 16.6 Å². The van der Waals surface area contributed by atoms with Gasteiger partial charge >= 0.3 is 0 Å². The first-order chi connectivity index (χ1) is 15.6. The molecule has 1 aliphatic rings. The van der Waals surface area contributed by atoms with Crippen LogP contribution in [0.1, 0.15) is 43.9 Å². The van der Waals surface area contributed by atoms with Gasteiger partial charge in [0.25, 0.3) is 0 Å². The molecule has 168 valence electrons. The van der Waals surface area contributed by atoms with Crippen LogP contribution in [-0.2, 0) is 13.6 Å². The van der Waals surface area contributed by atoms with Crippen LogP contribution in [0, 0.1) is 5.92 Å². The molecule has 3 aromatic heterocycles.